The Balaban J connectivity index is 2.08. The van der Waals surface area contributed by atoms with Gasteiger partial charge in [0.15, 0.2) is 0 Å². The molecule has 1 aliphatic carbocycles. The van der Waals surface area contributed by atoms with Crippen LogP contribution in [-0.4, -0.2) is 25.8 Å². The summed E-state index contributed by atoms with van der Waals surface area (Å²) in [7, 11) is 2.72. The van der Waals surface area contributed by atoms with Crippen molar-refractivity contribution in [3.63, 3.8) is 0 Å². The van der Waals surface area contributed by atoms with Crippen molar-refractivity contribution in [3.05, 3.63) is 82.0 Å². The van der Waals surface area contributed by atoms with Crippen molar-refractivity contribution in [1.82, 2.24) is 0 Å². The number of ketones is 2. The van der Waals surface area contributed by atoms with Gasteiger partial charge in [-0.25, -0.2) is 0 Å². The Morgan fingerprint density at radius 3 is 1.27 bits per heavy atom. The number of methoxy groups -OCH3 is 2. The molecule has 6 heteroatoms. The van der Waals surface area contributed by atoms with Gasteiger partial charge in [0.1, 0.15) is 0 Å². The zero-order valence-corrected chi connectivity index (χ0v) is 15.9. The van der Waals surface area contributed by atoms with E-state index < -0.39 is 0 Å². The Kier molecular flexibility index (Phi) is 5.85. The maximum atomic E-state index is 13.0. The summed E-state index contributed by atoms with van der Waals surface area (Å²) in [6.45, 7) is 0. The van der Waals surface area contributed by atoms with Gasteiger partial charge in [0, 0.05) is 9.79 Å². The minimum absolute atomic E-state index is 0.0617. The fourth-order valence-electron chi connectivity index (χ4n) is 2.39. The molecule has 3 rings (SSSR count). The molecule has 2 aromatic carbocycles. The topological polar surface area (TPSA) is 52.6 Å². The highest BCUT2D eigenvalue weighted by Crippen LogP contribution is 2.43. The molecule has 4 nitrogen and oxygen atoms in total. The molecule has 0 aromatic heterocycles. The Labute approximate surface area is 160 Å². The van der Waals surface area contributed by atoms with Crippen LogP contribution >= 0.6 is 23.5 Å². The Hall–Kier alpha value is -2.44. The molecule has 0 N–H and O–H groups in total. The maximum Gasteiger partial charge on any atom is 0.239 e. The van der Waals surface area contributed by atoms with E-state index in [1.807, 2.05) is 60.7 Å². The van der Waals surface area contributed by atoms with Crippen molar-refractivity contribution in [3.8, 4) is 0 Å². The second-order valence-corrected chi connectivity index (χ2v) is 7.38. The SMILES string of the molecule is COC1=C(OC)C(=O)C(Sc2ccccc2)=C(Sc2ccccc2)C1=O. The quantitative estimate of drug-likeness (QED) is 0.687. The van der Waals surface area contributed by atoms with E-state index in [-0.39, 0.29) is 23.1 Å². The lowest BCUT2D eigenvalue weighted by Crippen LogP contribution is -2.23. The summed E-state index contributed by atoms with van der Waals surface area (Å²) in [6, 6.07) is 18.9. The van der Waals surface area contributed by atoms with E-state index in [1.54, 1.807) is 0 Å². The van der Waals surface area contributed by atoms with Crippen LogP contribution in [0.3, 0.4) is 0 Å². The number of Topliss-reactive ketones (excluding diaryl/α,β-unsaturated/α-hetero) is 2. The number of hydrogen-bond donors (Lipinski definition) is 0. The van der Waals surface area contributed by atoms with Crippen LogP contribution in [-0.2, 0) is 19.1 Å². The zero-order valence-electron chi connectivity index (χ0n) is 14.2. The predicted octanol–water partition coefficient (Wildman–Crippen LogP) is 4.44. The number of allylic oxidation sites excluding steroid dienone is 2. The van der Waals surface area contributed by atoms with Crippen molar-refractivity contribution in [1.29, 1.82) is 0 Å². The number of benzene rings is 2. The largest absolute Gasteiger partial charge is 0.489 e. The third kappa shape index (κ3) is 3.71. The van der Waals surface area contributed by atoms with Crippen LogP contribution in [0.15, 0.2) is 91.8 Å². The average Bonchev–Trinajstić information content (AvgIpc) is 2.68. The molecule has 0 bridgehead atoms. The van der Waals surface area contributed by atoms with E-state index >= 15 is 0 Å². The summed E-state index contributed by atoms with van der Waals surface area (Å²) in [5.41, 5.74) is 0. The van der Waals surface area contributed by atoms with E-state index in [9.17, 15) is 9.59 Å². The van der Waals surface area contributed by atoms with Crippen LogP contribution in [0.2, 0.25) is 0 Å². The van der Waals surface area contributed by atoms with E-state index in [2.05, 4.69) is 0 Å². The molecule has 0 saturated carbocycles. The highest BCUT2D eigenvalue weighted by Gasteiger charge is 2.37. The van der Waals surface area contributed by atoms with Gasteiger partial charge < -0.3 is 9.47 Å². The molecule has 0 amide bonds. The van der Waals surface area contributed by atoms with Gasteiger partial charge in [-0.05, 0) is 24.3 Å². The third-order valence-electron chi connectivity index (χ3n) is 3.57. The first-order chi connectivity index (χ1) is 12.7. The lowest BCUT2D eigenvalue weighted by atomic mass is 10.1. The van der Waals surface area contributed by atoms with Crippen LogP contribution in [0.25, 0.3) is 0 Å². The molecule has 2 aromatic rings. The van der Waals surface area contributed by atoms with E-state index in [0.717, 1.165) is 9.79 Å². The minimum Gasteiger partial charge on any atom is -0.489 e. The molecule has 0 atom stereocenters. The van der Waals surface area contributed by atoms with Crippen LogP contribution in [0.5, 0.6) is 0 Å². The molecule has 0 saturated heterocycles. The van der Waals surface area contributed by atoms with Gasteiger partial charge in [0.05, 0.1) is 24.0 Å². The second-order valence-electron chi connectivity index (χ2n) is 5.21. The lowest BCUT2D eigenvalue weighted by Gasteiger charge is -2.21. The molecule has 0 radical (unpaired) electrons. The molecule has 132 valence electrons. The minimum atomic E-state index is -0.351. The summed E-state index contributed by atoms with van der Waals surface area (Å²) in [4.78, 5) is 28.4. The first-order valence-corrected chi connectivity index (χ1v) is 9.40. The molecule has 26 heavy (non-hydrogen) atoms. The van der Waals surface area contributed by atoms with Gasteiger partial charge in [0.25, 0.3) is 0 Å². The van der Waals surface area contributed by atoms with Gasteiger partial charge in [-0.15, -0.1) is 0 Å². The number of carbonyl (C=O) groups is 2. The van der Waals surface area contributed by atoms with Crippen LogP contribution in [0.1, 0.15) is 0 Å². The van der Waals surface area contributed by atoms with Crippen molar-refractivity contribution >= 4 is 35.1 Å². The molecule has 0 unspecified atom stereocenters. The normalized spacial score (nSPS) is 14.7. The molecule has 0 fully saturated rings. The summed E-state index contributed by atoms with van der Waals surface area (Å²) >= 11 is 2.51. The first-order valence-electron chi connectivity index (χ1n) is 7.77. The molecular weight excluding hydrogens is 368 g/mol. The maximum absolute atomic E-state index is 13.0. The number of carbonyl (C=O) groups excluding carboxylic acids is 2. The summed E-state index contributed by atoms with van der Waals surface area (Å²) < 4.78 is 10.3. The monoisotopic (exact) mass is 384 g/mol. The van der Waals surface area contributed by atoms with Crippen molar-refractivity contribution in [2.45, 2.75) is 9.79 Å². The van der Waals surface area contributed by atoms with Gasteiger partial charge in [0.2, 0.25) is 23.1 Å². The van der Waals surface area contributed by atoms with Crippen LogP contribution in [0, 0.1) is 0 Å². The molecule has 0 spiro atoms. The van der Waals surface area contributed by atoms with E-state index in [1.165, 1.54) is 37.7 Å². The van der Waals surface area contributed by atoms with Crippen molar-refractivity contribution in [2.75, 3.05) is 14.2 Å². The smallest absolute Gasteiger partial charge is 0.239 e. The van der Waals surface area contributed by atoms with E-state index in [0.29, 0.717) is 9.81 Å². The standard InChI is InChI=1S/C20H16O4S2/c1-23-17-15(21)19(25-13-9-5-3-6-10-13)20(16(22)18(17)24-2)26-14-11-7-4-8-12-14/h3-12H,1-2H3. The van der Waals surface area contributed by atoms with Crippen LogP contribution < -0.4 is 0 Å². The third-order valence-corrected chi connectivity index (χ3v) is 5.90. The number of rotatable bonds is 6. The number of thioether (sulfide) groups is 2. The predicted molar refractivity (Wildman–Crippen MR) is 103 cm³/mol. The Morgan fingerprint density at radius 1 is 0.615 bits per heavy atom. The average molecular weight is 384 g/mol. The molecule has 0 heterocycles. The zero-order chi connectivity index (χ0) is 18.5. The van der Waals surface area contributed by atoms with Crippen molar-refractivity contribution < 1.29 is 19.1 Å². The van der Waals surface area contributed by atoms with Gasteiger partial charge in [-0.2, -0.15) is 0 Å². The van der Waals surface area contributed by atoms with Gasteiger partial charge >= 0.3 is 0 Å². The van der Waals surface area contributed by atoms with Gasteiger partial charge in [-0.1, -0.05) is 59.9 Å². The molecule has 0 aliphatic heterocycles. The summed E-state index contributed by atoms with van der Waals surface area (Å²) in [6.07, 6.45) is 0. The van der Waals surface area contributed by atoms with Crippen molar-refractivity contribution in [2.24, 2.45) is 0 Å². The number of hydrogen-bond acceptors (Lipinski definition) is 6. The Morgan fingerprint density at radius 2 is 0.962 bits per heavy atom. The molecular formula is C20H16O4S2. The number of ether oxygens (including phenoxy) is 2. The van der Waals surface area contributed by atoms with Gasteiger partial charge in [-0.3, -0.25) is 9.59 Å². The lowest BCUT2D eigenvalue weighted by molar-refractivity contribution is -0.120. The van der Waals surface area contributed by atoms with Crippen LogP contribution in [0.4, 0.5) is 0 Å². The second kappa shape index (κ2) is 8.29. The Bertz CT molecular complexity index is 813. The van der Waals surface area contributed by atoms with E-state index in [4.69, 9.17) is 9.47 Å². The summed E-state index contributed by atoms with van der Waals surface area (Å²) in [5, 5.41) is 0. The fourth-order valence-corrected chi connectivity index (χ4v) is 4.44. The summed E-state index contributed by atoms with van der Waals surface area (Å²) in [5.74, 6) is -0.825. The highest BCUT2D eigenvalue weighted by atomic mass is 32.2. The highest BCUT2D eigenvalue weighted by molar-refractivity contribution is 8.08. The molecule has 1 aliphatic rings. The first kappa shape index (κ1) is 18.4. The fraction of sp³-hybridized carbons (Fsp3) is 0.100.